The molecule has 1 aromatic carbocycles. The molecule has 78 valence electrons. The molecule has 0 aromatic heterocycles. The van der Waals surface area contributed by atoms with Gasteiger partial charge < -0.3 is 5.32 Å². The molecule has 0 atom stereocenters. The number of benzene rings is 1. The van der Waals surface area contributed by atoms with Crippen molar-refractivity contribution in [3.63, 3.8) is 0 Å². The van der Waals surface area contributed by atoms with Gasteiger partial charge in [0, 0.05) is 6.04 Å². The lowest BCUT2D eigenvalue weighted by molar-refractivity contribution is 0.296. The van der Waals surface area contributed by atoms with Crippen LogP contribution >= 0.6 is 0 Å². The summed E-state index contributed by atoms with van der Waals surface area (Å²) in [5.41, 5.74) is 2.10. The molecule has 0 aliphatic heterocycles. The summed E-state index contributed by atoms with van der Waals surface area (Å²) >= 11 is 0. The third kappa shape index (κ3) is 2.19. The number of hydrogen-bond acceptors (Lipinski definition) is 2. The zero-order valence-corrected chi connectivity index (χ0v) is 9.03. The van der Waals surface area contributed by atoms with Crippen LogP contribution in [0.2, 0.25) is 0 Å². The average molecular weight is 200 g/mol. The predicted octanol–water partition coefficient (Wildman–Crippen LogP) is 2.41. The number of hydrogen-bond donors (Lipinski definition) is 1. The van der Waals surface area contributed by atoms with Gasteiger partial charge in [-0.25, -0.2) is 0 Å². The van der Waals surface area contributed by atoms with Gasteiger partial charge in [-0.05, 0) is 43.0 Å². The van der Waals surface area contributed by atoms with Crippen molar-refractivity contribution in [2.75, 3.05) is 6.54 Å². The van der Waals surface area contributed by atoms with Gasteiger partial charge in [-0.15, -0.1) is 0 Å². The van der Waals surface area contributed by atoms with Crippen molar-refractivity contribution < 1.29 is 0 Å². The molecule has 1 aromatic rings. The molecule has 0 unspecified atom stereocenters. The summed E-state index contributed by atoms with van der Waals surface area (Å²) in [7, 11) is 0. The quantitative estimate of drug-likeness (QED) is 0.813. The molecule has 1 saturated carbocycles. The lowest BCUT2D eigenvalue weighted by Gasteiger charge is -2.36. The number of nitrogens with one attached hydrogen (secondary N) is 1. The molecular formula is C13H16N2. The second-order valence-corrected chi connectivity index (χ2v) is 4.16. The summed E-state index contributed by atoms with van der Waals surface area (Å²) in [4.78, 5) is 0. The summed E-state index contributed by atoms with van der Waals surface area (Å²) in [6, 6.07) is 10.9. The van der Waals surface area contributed by atoms with Crippen LogP contribution in [-0.2, 0) is 0 Å². The number of rotatable bonds is 3. The zero-order valence-electron chi connectivity index (χ0n) is 9.03. The molecule has 1 fully saturated rings. The van der Waals surface area contributed by atoms with Crippen molar-refractivity contribution in [1.29, 1.82) is 5.26 Å². The molecule has 0 spiro atoms. The summed E-state index contributed by atoms with van der Waals surface area (Å²) in [6.45, 7) is 3.19. The highest BCUT2D eigenvalue weighted by atomic mass is 14.9. The van der Waals surface area contributed by atoms with Crippen LogP contribution in [0.3, 0.4) is 0 Å². The predicted molar refractivity (Wildman–Crippen MR) is 60.6 cm³/mol. The Bertz CT molecular complexity index is 372. The van der Waals surface area contributed by atoms with E-state index in [0.29, 0.717) is 12.0 Å². The van der Waals surface area contributed by atoms with Gasteiger partial charge in [0.15, 0.2) is 0 Å². The Hall–Kier alpha value is -1.33. The molecule has 2 rings (SSSR count). The van der Waals surface area contributed by atoms with E-state index in [1.54, 1.807) is 0 Å². The van der Waals surface area contributed by atoms with Gasteiger partial charge in [-0.3, -0.25) is 0 Å². The van der Waals surface area contributed by atoms with Gasteiger partial charge in [-0.1, -0.05) is 19.1 Å². The smallest absolute Gasteiger partial charge is 0.0991 e. The summed E-state index contributed by atoms with van der Waals surface area (Å²) in [6.07, 6.45) is 2.42. The molecule has 0 amide bonds. The first-order valence-electron chi connectivity index (χ1n) is 5.57. The summed E-state index contributed by atoms with van der Waals surface area (Å²) < 4.78 is 0. The van der Waals surface area contributed by atoms with E-state index in [9.17, 15) is 0 Å². The minimum absolute atomic E-state index is 0.655. The van der Waals surface area contributed by atoms with Crippen LogP contribution in [0.15, 0.2) is 24.3 Å². The summed E-state index contributed by atoms with van der Waals surface area (Å²) in [5, 5.41) is 12.3. The van der Waals surface area contributed by atoms with Crippen LogP contribution in [0.5, 0.6) is 0 Å². The Morgan fingerprint density at radius 2 is 2.27 bits per heavy atom. The monoisotopic (exact) mass is 200 g/mol. The lowest BCUT2D eigenvalue weighted by Crippen LogP contribution is -2.39. The van der Waals surface area contributed by atoms with E-state index >= 15 is 0 Å². The maximum absolute atomic E-state index is 8.81. The van der Waals surface area contributed by atoms with E-state index in [0.717, 1.165) is 12.1 Å². The zero-order chi connectivity index (χ0) is 10.7. The van der Waals surface area contributed by atoms with Crippen LogP contribution < -0.4 is 5.32 Å². The lowest BCUT2D eigenvalue weighted by atomic mass is 9.75. The second-order valence-electron chi connectivity index (χ2n) is 4.16. The molecular weight excluding hydrogens is 184 g/mol. The van der Waals surface area contributed by atoms with Gasteiger partial charge >= 0.3 is 0 Å². The molecule has 2 heteroatoms. The van der Waals surface area contributed by atoms with Crippen LogP contribution in [-0.4, -0.2) is 12.6 Å². The second kappa shape index (κ2) is 4.46. The first kappa shape index (κ1) is 10.2. The first-order chi connectivity index (χ1) is 7.33. The van der Waals surface area contributed by atoms with E-state index in [1.165, 1.54) is 18.4 Å². The average Bonchev–Trinajstić information content (AvgIpc) is 2.23. The Kier molecular flexibility index (Phi) is 3.03. The van der Waals surface area contributed by atoms with Gasteiger partial charge in [0.25, 0.3) is 0 Å². The van der Waals surface area contributed by atoms with Gasteiger partial charge in [0.05, 0.1) is 11.6 Å². The van der Waals surface area contributed by atoms with Crippen LogP contribution in [0.25, 0.3) is 0 Å². The van der Waals surface area contributed by atoms with Crippen molar-refractivity contribution in [2.45, 2.75) is 31.7 Å². The van der Waals surface area contributed by atoms with Crippen LogP contribution in [0.1, 0.15) is 36.8 Å². The SMILES string of the molecule is CCNC1CC(c2cccc(C#N)c2)C1. The first-order valence-corrected chi connectivity index (χ1v) is 5.57. The van der Waals surface area contributed by atoms with E-state index in [2.05, 4.69) is 24.4 Å². The molecule has 0 heterocycles. The highest BCUT2D eigenvalue weighted by molar-refractivity contribution is 5.35. The third-order valence-electron chi connectivity index (χ3n) is 3.12. The van der Waals surface area contributed by atoms with Crippen LogP contribution in [0.4, 0.5) is 0 Å². The highest BCUT2D eigenvalue weighted by Crippen LogP contribution is 2.36. The Labute approximate surface area is 90.9 Å². The molecule has 15 heavy (non-hydrogen) atoms. The third-order valence-corrected chi connectivity index (χ3v) is 3.12. The molecule has 2 nitrogen and oxygen atoms in total. The Morgan fingerprint density at radius 3 is 2.93 bits per heavy atom. The summed E-state index contributed by atoms with van der Waals surface area (Å²) in [5.74, 6) is 0.655. The topological polar surface area (TPSA) is 35.8 Å². The minimum Gasteiger partial charge on any atom is -0.314 e. The Morgan fingerprint density at radius 1 is 1.47 bits per heavy atom. The maximum atomic E-state index is 8.81. The number of nitriles is 1. The van der Waals surface area contributed by atoms with E-state index in [4.69, 9.17) is 5.26 Å². The van der Waals surface area contributed by atoms with Crippen molar-refractivity contribution >= 4 is 0 Å². The number of nitrogens with zero attached hydrogens (tertiary/aromatic N) is 1. The molecule has 1 N–H and O–H groups in total. The fourth-order valence-electron chi connectivity index (χ4n) is 2.21. The minimum atomic E-state index is 0.655. The van der Waals surface area contributed by atoms with Gasteiger partial charge in [-0.2, -0.15) is 5.26 Å². The maximum Gasteiger partial charge on any atom is 0.0991 e. The molecule has 1 aliphatic rings. The van der Waals surface area contributed by atoms with Gasteiger partial charge in [0.2, 0.25) is 0 Å². The fraction of sp³-hybridized carbons (Fsp3) is 0.462. The van der Waals surface area contributed by atoms with E-state index in [1.807, 2.05) is 18.2 Å². The fourth-order valence-corrected chi connectivity index (χ4v) is 2.21. The van der Waals surface area contributed by atoms with Crippen LogP contribution in [0, 0.1) is 11.3 Å². The van der Waals surface area contributed by atoms with Crippen molar-refractivity contribution in [1.82, 2.24) is 5.32 Å². The normalized spacial score (nSPS) is 24.3. The molecule has 0 bridgehead atoms. The Balaban J connectivity index is 1.98. The van der Waals surface area contributed by atoms with Crippen molar-refractivity contribution in [3.05, 3.63) is 35.4 Å². The largest absolute Gasteiger partial charge is 0.314 e. The van der Waals surface area contributed by atoms with Gasteiger partial charge in [0.1, 0.15) is 0 Å². The molecule has 1 aliphatic carbocycles. The molecule has 0 radical (unpaired) electrons. The van der Waals surface area contributed by atoms with Crippen molar-refractivity contribution in [3.8, 4) is 6.07 Å². The van der Waals surface area contributed by atoms with E-state index in [-0.39, 0.29) is 0 Å². The van der Waals surface area contributed by atoms with E-state index < -0.39 is 0 Å². The molecule has 0 saturated heterocycles. The highest BCUT2D eigenvalue weighted by Gasteiger charge is 2.29. The van der Waals surface area contributed by atoms with Crippen molar-refractivity contribution in [2.24, 2.45) is 0 Å². The standard InChI is InChI=1S/C13H16N2/c1-2-15-13-7-12(8-13)11-5-3-4-10(6-11)9-14/h3-6,12-13,15H,2,7-8H2,1H3.